The molecule has 3 aliphatic carbocycles. The van der Waals surface area contributed by atoms with Gasteiger partial charge in [0.15, 0.2) is 0 Å². The highest BCUT2D eigenvalue weighted by molar-refractivity contribution is 9.24. The Balaban J connectivity index is 0.000000541. The molecular weight excluding hydrogens is 1680 g/mol. The van der Waals surface area contributed by atoms with Crippen LogP contribution in [0.25, 0.3) is 33.4 Å². The monoisotopic (exact) mass is 1830 g/mol. The third-order valence-corrected chi connectivity index (χ3v) is 24.0. The first-order chi connectivity index (χ1) is 55.4. The van der Waals surface area contributed by atoms with Crippen LogP contribution in [-0.4, -0.2) is 66.1 Å². The van der Waals surface area contributed by atoms with Gasteiger partial charge in [0.25, 0.3) is 0 Å². The SMILES string of the molecule is BrCBr.BrCBr.C.C.C.CCCCCCC1(CCCCCC)c2ccccc2-c2ccc(N(CN(C)CN(c3ccccc3)c3ccccc3)CN(C)CN(c3ccccc3)c3ccc4c(c3)C(CCCCCC)(CCCCCC)c3ccccc3-4)cc21.CCCCCCC1(CCCCCC)c2ccccc2-c2ccc(N)cc21.CN. The van der Waals surface area contributed by atoms with Crippen molar-refractivity contribution in [3.8, 4) is 33.4 Å². The van der Waals surface area contributed by atoms with Crippen molar-refractivity contribution in [2.24, 2.45) is 5.73 Å². The largest absolute Gasteiger partial charge is 0.399 e. The summed E-state index contributed by atoms with van der Waals surface area (Å²) in [6, 6.07) is 82.7. The maximum atomic E-state index is 6.24. The smallest absolute Gasteiger partial charge is 0.0768 e. The number of alkyl halides is 4. The Morgan fingerprint density at radius 2 is 0.500 bits per heavy atom. The quantitative estimate of drug-likeness (QED) is 0.0171. The van der Waals surface area contributed by atoms with Crippen LogP contribution >= 0.6 is 63.7 Å². The van der Waals surface area contributed by atoms with Gasteiger partial charge in [-0.05, 0) is 199 Å². The molecule has 0 saturated heterocycles. The summed E-state index contributed by atoms with van der Waals surface area (Å²) < 4.78 is 1.75. The summed E-state index contributed by atoms with van der Waals surface area (Å²) in [6.45, 7) is 16.9. The normalized spacial score (nSPS) is 12.8. The lowest BCUT2D eigenvalue weighted by Gasteiger charge is -2.39. The third-order valence-electron chi connectivity index (χ3n) is 24.0. The van der Waals surface area contributed by atoms with Gasteiger partial charge in [-0.25, -0.2) is 0 Å². The first-order valence-electron chi connectivity index (χ1n) is 43.5. The summed E-state index contributed by atoms with van der Waals surface area (Å²) in [6.07, 6.45) is 38.3. The molecule has 0 aliphatic heterocycles. The van der Waals surface area contributed by atoms with Crippen molar-refractivity contribution >= 4 is 97.8 Å². The van der Waals surface area contributed by atoms with Crippen LogP contribution in [0.4, 0.5) is 34.1 Å². The number of benzene rings is 9. The van der Waals surface area contributed by atoms with Crippen LogP contribution in [0.2, 0.25) is 0 Å². The molecule has 0 aromatic heterocycles. The molecule has 9 aromatic carbocycles. The molecule has 634 valence electrons. The number of nitrogen functional groups attached to an aromatic ring is 1. The van der Waals surface area contributed by atoms with Gasteiger partial charge < -0.3 is 26.2 Å². The fraction of sp³-hybridized carbons (Fsp3) is 0.486. The van der Waals surface area contributed by atoms with E-state index in [4.69, 9.17) is 5.73 Å². The molecular formula is C105H151Br4N7. The summed E-state index contributed by atoms with van der Waals surface area (Å²) in [5, 5.41) is 0. The van der Waals surface area contributed by atoms with Crippen molar-refractivity contribution < 1.29 is 0 Å². The highest BCUT2D eigenvalue weighted by Crippen LogP contribution is 2.58. The van der Waals surface area contributed by atoms with Gasteiger partial charge in [-0.1, -0.05) is 427 Å². The molecule has 4 N–H and O–H groups in total. The van der Waals surface area contributed by atoms with Crippen molar-refractivity contribution in [3.05, 3.63) is 252 Å². The molecule has 12 rings (SSSR count). The predicted molar refractivity (Wildman–Crippen MR) is 532 cm³/mol. The molecule has 0 saturated carbocycles. The van der Waals surface area contributed by atoms with E-state index in [9.17, 15) is 0 Å². The van der Waals surface area contributed by atoms with Crippen molar-refractivity contribution in [2.75, 3.05) is 76.7 Å². The van der Waals surface area contributed by atoms with Crippen molar-refractivity contribution in [1.82, 2.24) is 9.80 Å². The zero-order valence-corrected chi connectivity index (χ0v) is 77.0. The maximum Gasteiger partial charge on any atom is 0.0768 e. The average molecular weight is 1830 g/mol. The number of nitrogens with two attached hydrogens (primary N) is 2. The second kappa shape index (κ2) is 54.3. The van der Waals surface area contributed by atoms with Crippen molar-refractivity contribution in [3.63, 3.8) is 0 Å². The van der Waals surface area contributed by atoms with E-state index in [0.29, 0.717) is 0 Å². The van der Waals surface area contributed by atoms with Gasteiger partial charge in [-0.3, -0.25) is 9.80 Å². The second-order valence-corrected chi connectivity index (χ2v) is 37.1. The molecule has 9 aromatic rings. The average Bonchev–Trinajstić information content (AvgIpc) is 1.58. The fourth-order valence-electron chi connectivity index (χ4n) is 18.6. The minimum absolute atomic E-state index is 0. The molecule has 0 heterocycles. The molecule has 0 fully saturated rings. The summed E-state index contributed by atoms with van der Waals surface area (Å²) in [5.74, 6) is 0. The number of nitrogens with zero attached hydrogens (tertiary/aromatic N) is 5. The number of para-hydroxylation sites is 3. The summed E-state index contributed by atoms with van der Waals surface area (Å²) >= 11 is 12.2. The molecule has 0 spiro atoms. The number of rotatable bonds is 43. The van der Waals surface area contributed by atoms with E-state index < -0.39 is 0 Å². The molecule has 0 unspecified atom stereocenters. The van der Waals surface area contributed by atoms with E-state index in [1.165, 1.54) is 267 Å². The number of anilines is 6. The van der Waals surface area contributed by atoms with E-state index in [2.05, 4.69) is 368 Å². The molecule has 116 heavy (non-hydrogen) atoms. The van der Waals surface area contributed by atoms with Crippen LogP contribution in [-0.2, 0) is 16.2 Å². The maximum absolute atomic E-state index is 6.24. The summed E-state index contributed by atoms with van der Waals surface area (Å²) in [7, 11) is 6.14. The topological polar surface area (TPSA) is 68.2 Å². The summed E-state index contributed by atoms with van der Waals surface area (Å²) in [4.78, 5) is 12.8. The van der Waals surface area contributed by atoms with Crippen molar-refractivity contribution in [2.45, 2.75) is 273 Å². The lowest BCUT2D eigenvalue weighted by molar-refractivity contribution is 0.286. The predicted octanol–water partition coefficient (Wildman–Crippen LogP) is 32.7. The number of hydrogen-bond acceptors (Lipinski definition) is 7. The van der Waals surface area contributed by atoms with E-state index >= 15 is 0 Å². The van der Waals surface area contributed by atoms with Gasteiger partial charge in [-0.15, -0.1) is 0 Å². The zero-order valence-electron chi connectivity index (χ0n) is 70.6. The minimum atomic E-state index is 0. The third kappa shape index (κ3) is 26.5. The number of hydrogen-bond donors (Lipinski definition) is 2. The number of unbranched alkanes of at least 4 members (excludes halogenated alkanes) is 18. The van der Waals surface area contributed by atoms with Gasteiger partial charge in [-0.2, -0.15) is 0 Å². The fourth-order valence-corrected chi connectivity index (χ4v) is 18.6. The van der Waals surface area contributed by atoms with Gasteiger partial charge in [0, 0.05) is 50.4 Å². The number of fused-ring (bicyclic) bond motifs is 9. The van der Waals surface area contributed by atoms with Crippen LogP contribution in [0.15, 0.2) is 218 Å². The summed E-state index contributed by atoms with van der Waals surface area (Å²) in [5.41, 5.74) is 35.9. The Morgan fingerprint density at radius 3 is 0.802 bits per heavy atom. The van der Waals surface area contributed by atoms with Crippen LogP contribution in [0, 0.1) is 0 Å². The van der Waals surface area contributed by atoms with Gasteiger partial charge in [0.2, 0.25) is 0 Å². The standard InChI is InChI=1S/C74H95N5.C25H35N.2CH2Br2.CH5N.3CH4/c1-7-11-15-32-50-73(51-33-16-12-8-2)69-44-30-28-42-65(69)67-48-46-63(54-71(67)73)77(56-75(5)58-78(60-36-22-19-23-37-60)61-38-24-20-25-39-61)57-76(6)59-79(62-40-26-21-27-41-62)64-47-49-68-66-43-29-31-45-70(66)74(72(68)55-64,52-34-17-13-9-3)53-35-18-14-10-4;1-3-5-7-11-17-25(18-12-8-6-4-2)23-14-10-9-13-21(23)22-16-15-20(26)19-24(22)25;2*2-1-3;1-2;;;/h19-31,36-49,54-55H,7-18,32-35,50-53,56-59H2,1-6H3;9-10,13-16,19H,3-8,11-12,17-18,26H2,1-2H3;2*1H2;2H2,1H3;3*1H4. The van der Waals surface area contributed by atoms with Crippen LogP contribution in [0.1, 0.15) is 290 Å². The van der Waals surface area contributed by atoms with E-state index in [0.717, 1.165) is 40.8 Å². The molecule has 3 aliphatic rings. The van der Waals surface area contributed by atoms with E-state index in [1.807, 2.05) is 0 Å². The Kier molecular flexibility index (Phi) is 47.1. The lowest BCUT2D eigenvalue weighted by atomic mass is 9.70. The second-order valence-electron chi connectivity index (χ2n) is 31.9. The first-order valence-corrected chi connectivity index (χ1v) is 48.0. The lowest BCUT2D eigenvalue weighted by Crippen LogP contribution is -2.47. The minimum Gasteiger partial charge on any atom is -0.399 e. The zero-order chi connectivity index (χ0) is 80.7. The van der Waals surface area contributed by atoms with Gasteiger partial charge in [0.05, 0.1) is 35.2 Å². The van der Waals surface area contributed by atoms with Gasteiger partial charge >= 0.3 is 0 Å². The molecule has 0 amide bonds. The van der Waals surface area contributed by atoms with E-state index in [-0.39, 0.29) is 38.5 Å². The van der Waals surface area contributed by atoms with Crippen LogP contribution < -0.4 is 26.2 Å². The highest BCUT2D eigenvalue weighted by atomic mass is 79.9. The first kappa shape index (κ1) is 101. The molecule has 7 nitrogen and oxygen atoms in total. The van der Waals surface area contributed by atoms with Gasteiger partial charge in [0.1, 0.15) is 0 Å². The van der Waals surface area contributed by atoms with Crippen LogP contribution in [0.3, 0.4) is 0 Å². The van der Waals surface area contributed by atoms with Crippen LogP contribution in [0.5, 0.6) is 0 Å². The Morgan fingerprint density at radius 1 is 0.259 bits per heavy atom. The number of halogens is 4. The highest BCUT2D eigenvalue weighted by Gasteiger charge is 2.45. The Labute approximate surface area is 741 Å². The Bertz CT molecular complexity index is 4050. The molecule has 0 radical (unpaired) electrons. The molecule has 0 bridgehead atoms. The Hall–Kier alpha value is -6.02. The molecule has 11 heteroatoms. The molecule has 0 atom stereocenters. The van der Waals surface area contributed by atoms with Crippen molar-refractivity contribution in [1.29, 1.82) is 0 Å². The van der Waals surface area contributed by atoms with E-state index in [1.54, 1.807) is 27.8 Å².